The number of hydrogen-bond donors (Lipinski definition) is 1. The highest BCUT2D eigenvalue weighted by atomic mass is 19.1. The van der Waals surface area contributed by atoms with Crippen molar-refractivity contribution in [3.63, 3.8) is 0 Å². The largest absolute Gasteiger partial charge is 0.339 e. The molecular weight excluding hydrogens is 233 g/mol. The third kappa shape index (κ3) is 3.13. The highest BCUT2D eigenvalue weighted by Gasteiger charge is 2.11. The molecule has 0 aliphatic heterocycles. The van der Waals surface area contributed by atoms with Gasteiger partial charge in [-0.05, 0) is 31.9 Å². The molecule has 0 spiro atoms. The second-order valence-corrected chi connectivity index (χ2v) is 4.36. The van der Waals surface area contributed by atoms with Crippen molar-refractivity contribution >= 4 is 0 Å². The second-order valence-electron chi connectivity index (χ2n) is 4.36. The molecule has 1 atom stereocenters. The molecule has 0 aliphatic rings. The Morgan fingerprint density at radius 1 is 1.39 bits per heavy atom. The Morgan fingerprint density at radius 3 is 2.89 bits per heavy atom. The zero-order chi connectivity index (χ0) is 13.0. The van der Waals surface area contributed by atoms with E-state index in [0.717, 1.165) is 12.8 Å². The van der Waals surface area contributed by atoms with Crippen LogP contribution >= 0.6 is 0 Å². The molecule has 0 aliphatic carbocycles. The number of aromatic nitrogens is 2. The van der Waals surface area contributed by atoms with Gasteiger partial charge in [-0.15, -0.1) is 0 Å². The molecule has 5 heteroatoms. The number of nitrogens with zero attached hydrogens (tertiary/aromatic N) is 2. The molecule has 2 N–H and O–H groups in total. The molecule has 1 unspecified atom stereocenters. The first-order valence-electron chi connectivity index (χ1n) is 6.00. The Labute approximate surface area is 105 Å². The highest BCUT2D eigenvalue weighted by molar-refractivity contribution is 5.54. The Kier molecular flexibility index (Phi) is 4.04. The number of halogens is 1. The number of rotatable bonds is 5. The van der Waals surface area contributed by atoms with E-state index in [1.54, 1.807) is 18.2 Å². The van der Waals surface area contributed by atoms with Crippen LogP contribution in [0, 0.1) is 5.82 Å². The van der Waals surface area contributed by atoms with Crippen molar-refractivity contribution in [2.24, 2.45) is 5.73 Å². The van der Waals surface area contributed by atoms with Crippen LogP contribution in [0.2, 0.25) is 0 Å². The maximum atomic E-state index is 13.5. The topological polar surface area (TPSA) is 64.9 Å². The fourth-order valence-corrected chi connectivity index (χ4v) is 1.68. The van der Waals surface area contributed by atoms with Gasteiger partial charge in [-0.1, -0.05) is 17.3 Å². The van der Waals surface area contributed by atoms with Crippen LogP contribution < -0.4 is 5.73 Å². The summed E-state index contributed by atoms with van der Waals surface area (Å²) in [5.41, 5.74) is 6.02. The van der Waals surface area contributed by atoms with E-state index < -0.39 is 0 Å². The third-order valence-corrected chi connectivity index (χ3v) is 2.63. The predicted octanol–water partition coefficient (Wildman–Crippen LogP) is 2.55. The van der Waals surface area contributed by atoms with Crippen molar-refractivity contribution in [1.82, 2.24) is 10.1 Å². The van der Waals surface area contributed by atoms with E-state index in [2.05, 4.69) is 10.1 Å². The standard InChI is InChI=1S/C13H16FN3O/c1-9(15)5-4-8-12-16-13(17-18-12)10-6-2-3-7-11(10)14/h2-3,6-7,9H,4-5,8,15H2,1H3. The molecule has 0 radical (unpaired) electrons. The molecule has 1 heterocycles. The minimum absolute atomic E-state index is 0.166. The maximum absolute atomic E-state index is 13.5. The summed E-state index contributed by atoms with van der Waals surface area (Å²) in [4.78, 5) is 4.18. The first kappa shape index (κ1) is 12.7. The third-order valence-electron chi connectivity index (χ3n) is 2.63. The van der Waals surface area contributed by atoms with Crippen molar-refractivity contribution in [2.75, 3.05) is 0 Å². The summed E-state index contributed by atoms with van der Waals surface area (Å²) in [7, 11) is 0. The zero-order valence-electron chi connectivity index (χ0n) is 10.3. The summed E-state index contributed by atoms with van der Waals surface area (Å²) in [6, 6.07) is 6.54. The number of benzene rings is 1. The van der Waals surface area contributed by atoms with Crippen LogP contribution in [0.25, 0.3) is 11.4 Å². The van der Waals surface area contributed by atoms with Gasteiger partial charge in [0.25, 0.3) is 0 Å². The van der Waals surface area contributed by atoms with Gasteiger partial charge in [-0.3, -0.25) is 0 Å². The van der Waals surface area contributed by atoms with Gasteiger partial charge in [0.05, 0.1) is 5.56 Å². The van der Waals surface area contributed by atoms with Crippen molar-refractivity contribution in [1.29, 1.82) is 0 Å². The first-order chi connectivity index (χ1) is 8.66. The van der Waals surface area contributed by atoms with Crippen molar-refractivity contribution in [3.05, 3.63) is 36.0 Å². The van der Waals surface area contributed by atoms with E-state index in [4.69, 9.17) is 10.3 Å². The SMILES string of the molecule is CC(N)CCCc1nc(-c2ccccc2F)no1. The molecule has 96 valence electrons. The van der Waals surface area contributed by atoms with E-state index in [0.29, 0.717) is 23.7 Å². The van der Waals surface area contributed by atoms with E-state index >= 15 is 0 Å². The van der Waals surface area contributed by atoms with Gasteiger partial charge in [0.1, 0.15) is 5.82 Å². The Balaban J connectivity index is 2.04. The van der Waals surface area contributed by atoms with Gasteiger partial charge in [-0.2, -0.15) is 4.98 Å². The molecule has 2 aromatic rings. The molecule has 0 saturated carbocycles. The van der Waals surface area contributed by atoms with Crippen LogP contribution in [0.3, 0.4) is 0 Å². The normalized spacial score (nSPS) is 12.6. The van der Waals surface area contributed by atoms with Crippen LogP contribution in [-0.4, -0.2) is 16.2 Å². The summed E-state index contributed by atoms with van der Waals surface area (Å²) in [5.74, 6) is 0.471. The molecule has 0 saturated heterocycles. The molecule has 1 aromatic carbocycles. The van der Waals surface area contributed by atoms with Gasteiger partial charge in [-0.25, -0.2) is 4.39 Å². The van der Waals surface area contributed by atoms with Gasteiger partial charge in [0, 0.05) is 12.5 Å². The van der Waals surface area contributed by atoms with Crippen molar-refractivity contribution in [3.8, 4) is 11.4 Å². The lowest BCUT2D eigenvalue weighted by molar-refractivity contribution is 0.373. The van der Waals surface area contributed by atoms with Crippen LogP contribution in [0.15, 0.2) is 28.8 Å². The average Bonchev–Trinajstić information content (AvgIpc) is 2.78. The summed E-state index contributed by atoms with van der Waals surface area (Å²) in [6.45, 7) is 1.96. The van der Waals surface area contributed by atoms with E-state index in [1.807, 2.05) is 6.92 Å². The van der Waals surface area contributed by atoms with Gasteiger partial charge in [0.15, 0.2) is 0 Å². The van der Waals surface area contributed by atoms with Crippen LogP contribution in [0.5, 0.6) is 0 Å². The van der Waals surface area contributed by atoms with Crippen molar-refractivity contribution in [2.45, 2.75) is 32.2 Å². The van der Waals surface area contributed by atoms with E-state index in [9.17, 15) is 4.39 Å². The maximum Gasteiger partial charge on any atom is 0.226 e. The number of nitrogens with two attached hydrogens (primary N) is 1. The van der Waals surface area contributed by atoms with Crippen molar-refractivity contribution < 1.29 is 8.91 Å². The molecule has 1 aromatic heterocycles. The van der Waals surface area contributed by atoms with Gasteiger partial charge < -0.3 is 10.3 Å². The molecule has 0 fully saturated rings. The quantitative estimate of drug-likeness (QED) is 0.884. The lowest BCUT2D eigenvalue weighted by Gasteiger charge is -2.00. The molecule has 0 bridgehead atoms. The fourth-order valence-electron chi connectivity index (χ4n) is 1.68. The summed E-state index contributed by atoms with van der Waals surface area (Å²) in [5, 5.41) is 3.79. The van der Waals surface area contributed by atoms with Crippen LogP contribution in [-0.2, 0) is 6.42 Å². The first-order valence-corrected chi connectivity index (χ1v) is 6.00. The highest BCUT2D eigenvalue weighted by Crippen LogP contribution is 2.19. The Morgan fingerprint density at radius 2 is 2.17 bits per heavy atom. The second kappa shape index (κ2) is 5.73. The van der Waals surface area contributed by atoms with E-state index in [1.165, 1.54) is 6.07 Å². The number of aryl methyl sites for hydroxylation is 1. The monoisotopic (exact) mass is 249 g/mol. The minimum Gasteiger partial charge on any atom is -0.339 e. The van der Waals surface area contributed by atoms with Gasteiger partial charge >= 0.3 is 0 Å². The molecule has 2 rings (SSSR count). The zero-order valence-corrected chi connectivity index (χ0v) is 10.3. The molecule has 4 nitrogen and oxygen atoms in total. The Hall–Kier alpha value is -1.75. The van der Waals surface area contributed by atoms with E-state index in [-0.39, 0.29) is 11.9 Å². The fraction of sp³-hybridized carbons (Fsp3) is 0.385. The van der Waals surface area contributed by atoms with Gasteiger partial charge in [0.2, 0.25) is 11.7 Å². The summed E-state index contributed by atoms with van der Waals surface area (Å²) in [6.07, 6.45) is 2.46. The molecule has 0 amide bonds. The lowest BCUT2D eigenvalue weighted by atomic mass is 10.1. The lowest BCUT2D eigenvalue weighted by Crippen LogP contribution is -2.14. The average molecular weight is 249 g/mol. The molecular formula is C13H16FN3O. The minimum atomic E-state index is -0.347. The summed E-state index contributed by atoms with van der Waals surface area (Å²) >= 11 is 0. The summed E-state index contributed by atoms with van der Waals surface area (Å²) < 4.78 is 18.6. The smallest absolute Gasteiger partial charge is 0.226 e. The van der Waals surface area contributed by atoms with Crippen LogP contribution in [0.4, 0.5) is 4.39 Å². The number of hydrogen-bond acceptors (Lipinski definition) is 4. The predicted molar refractivity (Wildman–Crippen MR) is 66.3 cm³/mol. The van der Waals surface area contributed by atoms with Crippen LogP contribution in [0.1, 0.15) is 25.7 Å². The molecule has 18 heavy (non-hydrogen) atoms. The Bertz CT molecular complexity index is 510.